The van der Waals surface area contributed by atoms with Gasteiger partial charge < -0.3 is 10.4 Å². The number of carboxylic acid groups (broad SMARTS) is 1. The van der Waals surface area contributed by atoms with E-state index in [1.54, 1.807) is 34.3 Å². The van der Waals surface area contributed by atoms with E-state index in [9.17, 15) is 4.79 Å². The molecule has 0 radical (unpaired) electrons. The van der Waals surface area contributed by atoms with Crippen molar-refractivity contribution < 1.29 is 9.90 Å². The summed E-state index contributed by atoms with van der Waals surface area (Å²) >= 11 is 3.11. The van der Waals surface area contributed by atoms with Crippen molar-refractivity contribution in [2.75, 3.05) is 5.32 Å². The summed E-state index contributed by atoms with van der Waals surface area (Å²) in [6.07, 6.45) is 3.22. The summed E-state index contributed by atoms with van der Waals surface area (Å²) in [6, 6.07) is 1.92. The summed E-state index contributed by atoms with van der Waals surface area (Å²) in [6.45, 7) is 4.10. The molecule has 108 valence electrons. The molecule has 2 N–H and O–H groups in total. The number of nitrogens with zero attached hydrogens (tertiary/aromatic N) is 2. The monoisotopic (exact) mass is 319 g/mol. The van der Waals surface area contributed by atoms with Crippen molar-refractivity contribution >= 4 is 44.5 Å². The van der Waals surface area contributed by atoms with Gasteiger partial charge in [-0.05, 0) is 19.9 Å². The summed E-state index contributed by atoms with van der Waals surface area (Å²) in [5.41, 5.74) is 2.92. The lowest BCUT2D eigenvalue weighted by Gasteiger charge is -2.11. The Balaban J connectivity index is 2.25. The number of hydrogen-bond donors (Lipinski definition) is 2. The predicted octanol–water partition coefficient (Wildman–Crippen LogP) is 3.94. The summed E-state index contributed by atoms with van der Waals surface area (Å²) in [5.74, 6) is -0.967. The third-order valence-electron chi connectivity index (χ3n) is 2.88. The van der Waals surface area contributed by atoms with Gasteiger partial charge in [-0.1, -0.05) is 0 Å². The van der Waals surface area contributed by atoms with Gasteiger partial charge >= 0.3 is 5.97 Å². The topological polar surface area (TPSA) is 75.1 Å². The fourth-order valence-electron chi connectivity index (χ4n) is 2.03. The molecule has 0 aromatic carbocycles. The highest BCUT2D eigenvalue weighted by Gasteiger charge is 2.18. The highest BCUT2D eigenvalue weighted by molar-refractivity contribution is 7.26. The molecule has 0 unspecified atom stereocenters. The molecule has 3 heterocycles. The number of thiophene rings is 1. The number of hydrogen-bond acceptors (Lipinski definition) is 6. The maximum absolute atomic E-state index is 11.1. The van der Waals surface area contributed by atoms with Gasteiger partial charge in [-0.25, -0.2) is 9.78 Å². The van der Waals surface area contributed by atoms with E-state index in [1.165, 1.54) is 6.20 Å². The van der Waals surface area contributed by atoms with Gasteiger partial charge in [0.1, 0.15) is 4.83 Å². The number of carboxylic acids is 1. The van der Waals surface area contributed by atoms with Crippen LogP contribution in [0.15, 0.2) is 24.0 Å². The van der Waals surface area contributed by atoms with E-state index in [0.29, 0.717) is 0 Å². The van der Waals surface area contributed by atoms with Crippen LogP contribution in [0, 0.1) is 0 Å². The number of rotatable bonds is 4. The summed E-state index contributed by atoms with van der Waals surface area (Å²) < 4.78 is 0. The zero-order valence-corrected chi connectivity index (χ0v) is 13.1. The van der Waals surface area contributed by atoms with Crippen molar-refractivity contribution in [3.8, 4) is 9.75 Å². The first kappa shape index (κ1) is 14.0. The number of carbonyl (C=O) groups is 1. The van der Waals surface area contributed by atoms with Gasteiger partial charge in [-0.2, -0.15) is 0 Å². The van der Waals surface area contributed by atoms with Gasteiger partial charge in [0.2, 0.25) is 0 Å². The van der Waals surface area contributed by atoms with Crippen molar-refractivity contribution in [1.82, 2.24) is 9.97 Å². The van der Waals surface area contributed by atoms with Crippen LogP contribution in [-0.2, 0) is 0 Å². The smallest absolute Gasteiger partial charge is 0.337 e. The van der Waals surface area contributed by atoms with Crippen LogP contribution in [0.2, 0.25) is 0 Å². The molecule has 3 aromatic rings. The molecule has 0 fully saturated rings. The molecule has 0 atom stereocenters. The Morgan fingerprint density at radius 2 is 2.19 bits per heavy atom. The number of anilines is 1. The van der Waals surface area contributed by atoms with Crippen molar-refractivity contribution in [2.45, 2.75) is 19.9 Å². The van der Waals surface area contributed by atoms with E-state index in [1.807, 2.05) is 6.20 Å². The normalized spacial score (nSPS) is 11.2. The van der Waals surface area contributed by atoms with Gasteiger partial charge in [-0.3, -0.25) is 4.98 Å². The number of thiazole rings is 1. The molecule has 0 aliphatic carbocycles. The molecule has 0 aliphatic rings. The minimum Gasteiger partial charge on any atom is -0.478 e. The van der Waals surface area contributed by atoms with Crippen LogP contribution in [-0.4, -0.2) is 27.1 Å². The molecule has 0 aliphatic heterocycles. The Labute approximate surface area is 129 Å². The molecular formula is C14H13N3O2S2. The average Bonchev–Trinajstić information content (AvgIpc) is 3.05. The molecule has 7 heteroatoms. The van der Waals surface area contributed by atoms with Crippen molar-refractivity contribution in [3.05, 3.63) is 29.5 Å². The molecule has 0 saturated heterocycles. The van der Waals surface area contributed by atoms with Gasteiger partial charge in [0.05, 0.1) is 26.5 Å². The van der Waals surface area contributed by atoms with Gasteiger partial charge in [0, 0.05) is 23.8 Å². The number of nitrogens with one attached hydrogen (secondary N) is 1. The first-order chi connectivity index (χ1) is 10.1. The summed E-state index contributed by atoms with van der Waals surface area (Å²) in [4.78, 5) is 22.5. The van der Waals surface area contributed by atoms with E-state index in [-0.39, 0.29) is 11.6 Å². The van der Waals surface area contributed by atoms with Crippen LogP contribution in [0.5, 0.6) is 0 Å². The van der Waals surface area contributed by atoms with E-state index in [0.717, 1.165) is 25.7 Å². The first-order valence-corrected chi connectivity index (χ1v) is 8.07. The Kier molecular flexibility index (Phi) is 3.60. The lowest BCUT2D eigenvalue weighted by molar-refractivity contribution is 0.0696. The maximum Gasteiger partial charge on any atom is 0.337 e. The Morgan fingerprint density at radius 3 is 2.81 bits per heavy atom. The van der Waals surface area contributed by atoms with Gasteiger partial charge in [0.25, 0.3) is 0 Å². The van der Waals surface area contributed by atoms with Crippen molar-refractivity contribution in [2.24, 2.45) is 0 Å². The zero-order valence-electron chi connectivity index (χ0n) is 11.5. The van der Waals surface area contributed by atoms with Crippen LogP contribution in [0.3, 0.4) is 0 Å². The second-order valence-electron chi connectivity index (χ2n) is 4.85. The molecule has 0 saturated carbocycles. The van der Waals surface area contributed by atoms with Crippen molar-refractivity contribution in [1.29, 1.82) is 0 Å². The highest BCUT2D eigenvalue weighted by Crippen LogP contribution is 2.43. The minimum atomic E-state index is -0.967. The molecule has 0 bridgehead atoms. The number of aromatic carboxylic acids is 1. The third kappa shape index (κ3) is 2.62. The lowest BCUT2D eigenvalue weighted by Crippen LogP contribution is -2.09. The maximum atomic E-state index is 11.1. The van der Waals surface area contributed by atoms with Crippen LogP contribution >= 0.6 is 22.7 Å². The van der Waals surface area contributed by atoms with E-state index in [4.69, 9.17) is 5.11 Å². The molecule has 21 heavy (non-hydrogen) atoms. The molecule has 0 amide bonds. The molecule has 5 nitrogen and oxygen atoms in total. The Bertz CT molecular complexity index is 794. The van der Waals surface area contributed by atoms with Crippen LogP contribution < -0.4 is 5.32 Å². The standard InChI is InChI=1S/C14H13N3O2S2/c1-7(2)17-11-9-3-8(14(18)19)4-16-13(9)21-12(11)10-5-15-6-20-10/h3-7,17H,1-2H3,(H,18,19). The quantitative estimate of drug-likeness (QED) is 0.762. The van der Waals surface area contributed by atoms with Crippen LogP contribution in [0.4, 0.5) is 5.69 Å². The van der Waals surface area contributed by atoms with Crippen LogP contribution in [0.25, 0.3) is 20.0 Å². The van der Waals surface area contributed by atoms with E-state index < -0.39 is 5.97 Å². The van der Waals surface area contributed by atoms with Crippen molar-refractivity contribution in [3.63, 3.8) is 0 Å². The number of pyridine rings is 1. The van der Waals surface area contributed by atoms with Gasteiger partial charge in [0.15, 0.2) is 0 Å². The second kappa shape index (κ2) is 5.42. The fourth-order valence-corrected chi connectivity index (χ4v) is 3.86. The predicted molar refractivity (Wildman–Crippen MR) is 86.4 cm³/mol. The summed E-state index contributed by atoms with van der Waals surface area (Å²) in [7, 11) is 0. The number of aromatic nitrogens is 2. The third-order valence-corrected chi connectivity index (χ3v) is 4.95. The number of fused-ring (bicyclic) bond motifs is 1. The summed E-state index contributed by atoms with van der Waals surface area (Å²) in [5, 5.41) is 13.4. The molecule has 3 rings (SSSR count). The largest absolute Gasteiger partial charge is 0.478 e. The lowest BCUT2D eigenvalue weighted by atomic mass is 10.2. The SMILES string of the molecule is CC(C)Nc1c(-c2cncs2)sc2ncc(C(=O)O)cc12. The zero-order chi connectivity index (χ0) is 15.0. The first-order valence-electron chi connectivity index (χ1n) is 6.37. The fraction of sp³-hybridized carbons (Fsp3) is 0.214. The Morgan fingerprint density at radius 1 is 1.38 bits per heavy atom. The van der Waals surface area contributed by atoms with Gasteiger partial charge in [-0.15, -0.1) is 22.7 Å². The molecular weight excluding hydrogens is 306 g/mol. The average molecular weight is 319 g/mol. The molecule has 0 spiro atoms. The molecule has 3 aromatic heterocycles. The second-order valence-corrected chi connectivity index (χ2v) is 6.74. The Hall–Kier alpha value is -1.99. The van der Waals surface area contributed by atoms with E-state index in [2.05, 4.69) is 29.1 Å². The minimum absolute atomic E-state index is 0.197. The van der Waals surface area contributed by atoms with Crippen LogP contribution in [0.1, 0.15) is 24.2 Å². The van der Waals surface area contributed by atoms with E-state index >= 15 is 0 Å². The highest BCUT2D eigenvalue weighted by atomic mass is 32.1.